The Labute approximate surface area is 122 Å². The van der Waals surface area contributed by atoms with Crippen LogP contribution in [0.4, 0.5) is 10.1 Å². The van der Waals surface area contributed by atoms with Gasteiger partial charge in [0.05, 0.1) is 10.7 Å². The van der Waals surface area contributed by atoms with E-state index in [2.05, 4.69) is 22.6 Å². The van der Waals surface area contributed by atoms with Crippen LogP contribution in [0.3, 0.4) is 0 Å². The van der Waals surface area contributed by atoms with Gasteiger partial charge in [-0.25, -0.2) is 4.39 Å². The fourth-order valence-electron chi connectivity index (χ4n) is 1.47. The lowest BCUT2D eigenvalue weighted by Gasteiger charge is -2.04. The molecule has 2 rings (SSSR count). The van der Waals surface area contributed by atoms with Crippen molar-refractivity contribution in [2.45, 2.75) is 0 Å². The number of hydrogen-bond acceptors (Lipinski definition) is 2. The van der Waals surface area contributed by atoms with Crippen LogP contribution < -0.4 is 5.73 Å². The van der Waals surface area contributed by atoms with E-state index in [9.17, 15) is 9.18 Å². The van der Waals surface area contributed by atoms with Crippen LogP contribution in [-0.2, 0) is 0 Å². The van der Waals surface area contributed by atoms with Gasteiger partial charge in [0, 0.05) is 14.7 Å². The van der Waals surface area contributed by atoms with Gasteiger partial charge in [-0.2, -0.15) is 0 Å². The highest BCUT2D eigenvalue weighted by Gasteiger charge is 2.12. The Hall–Kier alpha value is -1.14. The smallest absolute Gasteiger partial charge is 0.193 e. The molecule has 92 valence electrons. The van der Waals surface area contributed by atoms with Gasteiger partial charge in [0.15, 0.2) is 5.78 Å². The molecule has 0 heterocycles. The van der Waals surface area contributed by atoms with Gasteiger partial charge < -0.3 is 5.73 Å². The highest BCUT2D eigenvalue weighted by molar-refractivity contribution is 14.1. The molecule has 0 atom stereocenters. The molecule has 0 radical (unpaired) electrons. The zero-order valence-electron chi connectivity index (χ0n) is 9.08. The van der Waals surface area contributed by atoms with Crippen molar-refractivity contribution in [3.8, 4) is 0 Å². The van der Waals surface area contributed by atoms with Crippen LogP contribution in [0.25, 0.3) is 0 Å². The molecule has 0 unspecified atom stereocenters. The van der Waals surface area contributed by atoms with Crippen LogP contribution in [0.15, 0.2) is 36.4 Å². The van der Waals surface area contributed by atoms with Crippen LogP contribution in [0.1, 0.15) is 15.9 Å². The summed E-state index contributed by atoms with van der Waals surface area (Å²) in [5, 5.41) is 0.498. The minimum Gasteiger partial charge on any atom is -0.396 e. The highest BCUT2D eigenvalue weighted by atomic mass is 127. The van der Waals surface area contributed by atoms with Gasteiger partial charge in [0.1, 0.15) is 5.82 Å². The Balaban J connectivity index is 2.41. The Morgan fingerprint density at radius 1 is 1.17 bits per heavy atom. The fraction of sp³-hybridized carbons (Fsp3) is 0. The molecule has 0 amide bonds. The van der Waals surface area contributed by atoms with Crippen molar-refractivity contribution in [1.82, 2.24) is 0 Å². The van der Waals surface area contributed by atoms with Gasteiger partial charge in [0.2, 0.25) is 0 Å². The van der Waals surface area contributed by atoms with Crippen molar-refractivity contribution in [3.05, 3.63) is 61.9 Å². The van der Waals surface area contributed by atoms with E-state index in [1.807, 2.05) is 0 Å². The second-order valence-corrected chi connectivity index (χ2v) is 5.26. The number of carbonyl (C=O) groups is 1. The number of benzene rings is 2. The Bertz CT molecular complexity index is 577. The third-order valence-electron chi connectivity index (χ3n) is 2.44. The lowest BCUT2D eigenvalue weighted by molar-refractivity contribution is 0.103. The van der Waals surface area contributed by atoms with Crippen LogP contribution in [-0.4, -0.2) is 5.78 Å². The van der Waals surface area contributed by atoms with Crippen LogP contribution >= 0.6 is 34.2 Å². The zero-order chi connectivity index (χ0) is 13.3. The molecule has 0 saturated carbocycles. The quantitative estimate of drug-likeness (QED) is 0.491. The molecule has 0 saturated heterocycles. The molecule has 2 aromatic rings. The predicted molar refractivity (Wildman–Crippen MR) is 78.4 cm³/mol. The first-order valence-electron chi connectivity index (χ1n) is 5.04. The largest absolute Gasteiger partial charge is 0.396 e. The van der Waals surface area contributed by atoms with Crippen molar-refractivity contribution in [2.24, 2.45) is 0 Å². The van der Waals surface area contributed by atoms with Crippen molar-refractivity contribution in [1.29, 1.82) is 0 Å². The molecule has 2 aromatic carbocycles. The maximum atomic E-state index is 13.3. The van der Waals surface area contributed by atoms with Crippen LogP contribution in [0.5, 0.6) is 0 Å². The average molecular weight is 376 g/mol. The minimum atomic E-state index is -0.600. The summed E-state index contributed by atoms with van der Waals surface area (Å²) in [6, 6.07) is 8.96. The molecule has 0 aliphatic heterocycles. The summed E-state index contributed by atoms with van der Waals surface area (Å²) in [4.78, 5) is 12.1. The number of halogens is 3. The molecule has 0 aliphatic rings. The average Bonchev–Trinajstić information content (AvgIpc) is 2.35. The Morgan fingerprint density at radius 2 is 1.78 bits per heavy atom. The molecule has 5 heteroatoms. The second kappa shape index (κ2) is 5.24. The number of rotatable bonds is 2. The summed E-state index contributed by atoms with van der Waals surface area (Å²) < 4.78 is 14.2. The molecular weight excluding hydrogens is 368 g/mol. The molecule has 0 bridgehead atoms. The molecule has 0 aromatic heterocycles. The summed E-state index contributed by atoms with van der Waals surface area (Å²) in [5.41, 5.74) is 6.05. The van der Waals surface area contributed by atoms with Crippen molar-refractivity contribution in [3.63, 3.8) is 0 Å². The predicted octanol–water partition coefficient (Wildman–Crippen LogP) is 3.90. The number of ketones is 1. The standard InChI is InChI=1S/C13H8ClFINO/c14-9-5-7(1-3-11(9)16)13(18)8-2-4-12(17)10(15)6-8/h1-6H,17H2. The van der Waals surface area contributed by atoms with Gasteiger partial charge >= 0.3 is 0 Å². The summed E-state index contributed by atoms with van der Waals surface area (Å²) in [5.74, 6) is -0.885. The topological polar surface area (TPSA) is 43.1 Å². The minimum absolute atomic E-state index is 0.0205. The summed E-state index contributed by atoms with van der Waals surface area (Å²) >= 11 is 8.02. The van der Waals surface area contributed by atoms with E-state index in [1.165, 1.54) is 12.1 Å². The van der Waals surface area contributed by atoms with Crippen LogP contribution in [0.2, 0.25) is 5.02 Å². The van der Waals surface area contributed by atoms with Gasteiger partial charge in [-0.3, -0.25) is 4.79 Å². The van der Waals surface area contributed by atoms with Crippen molar-refractivity contribution in [2.75, 3.05) is 5.73 Å². The first-order valence-corrected chi connectivity index (χ1v) is 6.49. The summed E-state index contributed by atoms with van der Waals surface area (Å²) in [7, 11) is 0. The van der Waals surface area contributed by atoms with E-state index in [0.29, 0.717) is 10.6 Å². The Kier molecular flexibility index (Phi) is 3.87. The highest BCUT2D eigenvalue weighted by Crippen LogP contribution is 2.22. The van der Waals surface area contributed by atoms with Crippen molar-refractivity contribution >= 4 is 45.7 Å². The monoisotopic (exact) mass is 375 g/mol. The molecule has 18 heavy (non-hydrogen) atoms. The number of nitrogen functional groups attached to an aromatic ring is 1. The van der Waals surface area contributed by atoms with E-state index < -0.39 is 5.82 Å². The zero-order valence-corrected chi connectivity index (χ0v) is 12.0. The van der Waals surface area contributed by atoms with E-state index in [0.717, 1.165) is 9.64 Å². The SMILES string of the molecule is Nc1ccc(C(=O)c2ccc(I)c(Cl)c2)cc1F. The summed E-state index contributed by atoms with van der Waals surface area (Å²) in [6.07, 6.45) is 0. The molecule has 0 aliphatic carbocycles. The third-order valence-corrected chi connectivity index (χ3v) is 4.02. The fourth-order valence-corrected chi connectivity index (χ4v) is 1.99. The second-order valence-electron chi connectivity index (χ2n) is 3.69. The molecular formula is C13H8ClFINO. The van der Waals surface area contributed by atoms with Gasteiger partial charge in [-0.05, 0) is 59.0 Å². The lowest BCUT2D eigenvalue weighted by atomic mass is 10.0. The van der Waals surface area contributed by atoms with Gasteiger partial charge in [0.25, 0.3) is 0 Å². The first kappa shape index (κ1) is 13.3. The molecule has 0 fully saturated rings. The van der Waals surface area contributed by atoms with Gasteiger partial charge in [-0.1, -0.05) is 11.6 Å². The number of carbonyl (C=O) groups excluding carboxylic acids is 1. The van der Waals surface area contributed by atoms with E-state index >= 15 is 0 Å². The number of hydrogen-bond donors (Lipinski definition) is 1. The normalized spacial score (nSPS) is 10.4. The van der Waals surface area contributed by atoms with E-state index in [4.69, 9.17) is 17.3 Å². The Morgan fingerprint density at radius 3 is 2.39 bits per heavy atom. The number of nitrogens with two attached hydrogens (primary N) is 1. The lowest BCUT2D eigenvalue weighted by Crippen LogP contribution is -2.03. The van der Waals surface area contributed by atoms with Crippen LogP contribution in [0, 0.1) is 9.39 Å². The van der Waals surface area contributed by atoms with E-state index in [-0.39, 0.29) is 17.0 Å². The van der Waals surface area contributed by atoms with Gasteiger partial charge in [-0.15, -0.1) is 0 Å². The number of anilines is 1. The summed E-state index contributed by atoms with van der Waals surface area (Å²) in [6.45, 7) is 0. The third kappa shape index (κ3) is 2.64. The first-order chi connectivity index (χ1) is 8.49. The molecule has 0 spiro atoms. The maximum absolute atomic E-state index is 13.3. The molecule has 2 N–H and O–H groups in total. The van der Waals surface area contributed by atoms with Crippen molar-refractivity contribution < 1.29 is 9.18 Å². The maximum Gasteiger partial charge on any atom is 0.193 e. The molecule has 2 nitrogen and oxygen atoms in total. The van der Waals surface area contributed by atoms with E-state index in [1.54, 1.807) is 18.2 Å².